The van der Waals surface area contributed by atoms with Crippen LogP contribution in [0.15, 0.2) is 17.5 Å². The minimum absolute atomic E-state index is 0.109. The van der Waals surface area contributed by atoms with Gasteiger partial charge in [0, 0.05) is 10.9 Å². The standard InChI is InChI=1S/C13H18N2OS/c1-9(10-4-2-5-10)15-12(16)8-14-13(15)11-6-3-7-17-11/h3,6-7,9-10,13-14H,2,4-5,8H2,1H3. The number of rotatable bonds is 3. The van der Waals surface area contributed by atoms with Crippen molar-refractivity contribution >= 4 is 17.2 Å². The van der Waals surface area contributed by atoms with Crippen molar-refractivity contribution in [2.45, 2.75) is 38.4 Å². The summed E-state index contributed by atoms with van der Waals surface area (Å²) < 4.78 is 0. The molecule has 92 valence electrons. The van der Waals surface area contributed by atoms with E-state index in [1.54, 1.807) is 11.3 Å². The number of amides is 1. The molecule has 1 saturated carbocycles. The fraction of sp³-hybridized carbons (Fsp3) is 0.615. The third-order valence-electron chi connectivity index (χ3n) is 4.10. The molecule has 1 aromatic rings. The molecule has 17 heavy (non-hydrogen) atoms. The van der Waals surface area contributed by atoms with Gasteiger partial charge in [0.05, 0.1) is 6.54 Å². The lowest BCUT2D eigenvalue weighted by Crippen LogP contribution is -2.44. The van der Waals surface area contributed by atoms with Crippen LogP contribution in [0.5, 0.6) is 0 Å². The van der Waals surface area contributed by atoms with E-state index in [9.17, 15) is 4.79 Å². The molecule has 0 bridgehead atoms. The molecule has 1 amide bonds. The van der Waals surface area contributed by atoms with E-state index in [1.807, 2.05) is 0 Å². The number of nitrogens with zero attached hydrogens (tertiary/aromatic N) is 1. The summed E-state index contributed by atoms with van der Waals surface area (Å²) in [7, 11) is 0. The van der Waals surface area contributed by atoms with Crippen molar-refractivity contribution in [2.24, 2.45) is 5.92 Å². The van der Waals surface area contributed by atoms with Crippen molar-refractivity contribution < 1.29 is 4.79 Å². The highest BCUT2D eigenvalue weighted by molar-refractivity contribution is 7.10. The number of carbonyl (C=O) groups is 1. The quantitative estimate of drug-likeness (QED) is 0.893. The molecule has 2 aliphatic rings. The summed E-state index contributed by atoms with van der Waals surface area (Å²) in [4.78, 5) is 15.4. The molecule has 3 rings (SSSR count). The average molecular weight is 250 g/mol. The Labute approximate surface area is 106 Å². The number of carbonyl (C=O) groups excluding carboxylic acids is 1. The monoisotopic (exact) mass is 250 g/mol. The maximum Gasteiger partial charge on any atom is 0.238 e. The fourth-order valence-corrected chi connectivity index (χ4v) is 3.61. The predicted molar refractivity (Wildman–Crippen MR) is 68.7 cm³/mol. The Balaban J connectivity index is 1.81. The van der Waals surface area contributed by atoms with Gasteiger partial charge in [0.2, 0.25) is 5.91 Å². The highest BCUT2D eigenvalue weighted by Crippen LogP contribution is 2.37. The van der Waals surface area contributed by atoms with Gasteiger partial charge in [0.1, 0.15) is 6.17 Å². The summed E-state index contributed by atoms with van der Waals surface area (Å²) in [6.07, 6.45) is 4.00. The molecule has 1 N–H and O–H groups in total. The van der Waals surface area contributed by atoms with Gasteiger partial charge in [-0.3, -0.25) is 10.1 Å². The molecule has 0 spiro atoms. The zero-order valence-electron chi connectivity index (χ0n) is 10.1. The molecule has 2 unspecified atom stereocenters. The highest BCUT2D eigenvalue weighted by atomic mass is 32.1. The van der Waals surface area contributed by atoms with E-state index in [-0.39, 0.29) is 12.1 Å². The van der Waals surface area contributed by atoms with E-state index in [1.165, 1.54) is 24.1 Å². The van der Waals surface area contributed by atoms with E-state index in [4.69, 9.17) is 0 Å². The van der Waals surface area contributed by atoms with E-state index in [2.05, 4.69) is 34.7 Å². The van der Waals surface area contributed by atoms with Crippen LogP contribution in [-0.2, 0) is 4.79 Å². The second-order valence-electron chi connectivity index (χ2n) is 5.03. The Kier molecular flexibility index (Phi) is 2.92. The number of hydrogen-bond acceptors (Lipinski definition) is 3. The Bertz CT molecular complexity index is 400. The largest absolute Gasteiger partial charge is 0.318 e. The third kappa shape index (κ3) is 1.89. The molecule has 0 radical (unpaired) electrons. The topological polar surface area (TPSA) is 32.3 Å². The van der Waals surface area contributed by atoms with Crippen molar-refractivity contribution in [1.82, 2.24) is 10.2 Å². The fourth-order valence-electron chi connectivity index (χ4n) is 2.81. The molecule has 1 saturated heterocycles. The Hall–Kier alpha value is -0.870. The summed E-state index contributed by atoms with van der Waals surface area (Å²) in [5, 5.41) is 5.41. The molecular formula is C13H18N2OS. The summed E-state index contributed by atoms with van der Waals surface area (Å²) >= 11 is 1.72. The Morgan fingerprint density at radius 3 is 2.94 bits per heavy atom. The van der Waals surface area contributed by atoms with Crippen LogP contribution in [0.25, 0.3) is 0 Å². The first kappa shape index (κ1) is 11.2. The van der Waals surface area contributed by atoms with Gasteiger partial charge in [0.25, 0.3) is 0 Å². The van der Waals surface area contributed by atoms with Gasteiger partial charge < -0.3 is 4.90 Å². The third-order valence-corrected chi connectivity index (χ3v) is 5.02. The van der Waals surface area contributed by atoms with Crippen LogP contribution < -0.4 is 5.32 Å². The van der Waals surface area contributed by atoms with Crippen molar-refractivity contribution in [3.8, 4) is 0 Å². The molecular weight excluding hydrogens is 232 g/mol. The van der Waals surface area contributed by atoms with Gasteiger partial charge >= 0.3 is 0 Å². The van der Waals surface area contributed by atoms with Gasteiger partial charge in [-0.2, -0.15) is 0 Å². The van der Waals surface area contributed by atoms with E-state index < -0.39 is 0 Å². The van der Waals surface area contributed by atoms with Crippen LogP contribution in [0.2, 0.25) is 0 Å². The normalized spacial score (nSPS) is 27.2. The van der Waals surface area contributed by atoms with Crippen molar-refractivity contribution in [1.29, 1.82) is 0 Å². The minimum Gasteiger partial charge on any atom is -0.318 e. The van der Waals surface area contributed by atoms with Gasteiger partial charge in [0.15, 0.2) is 0 Å². The second kappa shape index (κ2) is 4.42. The number of nitrogens with one attached hydrogen (secondary N) is 1. The van der Waals surface area contributed by atoms with Gasteiger partial charge in [-0.1, -0.05) is 12.5 Å². The van der Waals surface area contributed by atoms with Crippen molar-refractivity contribution in [3.63, 3.8) is 0 Å². The van der Waals surface area contributed by atoms with Crippen molar-refractivity contribution in [3.05, 3.63) is 22.4 Å². The minimum atomic E-state index is 0.109. The van der Waals surface area contributed by atoms with Crippen LogP contribution in [0.1, 0.15) is 37.2 Å². The molecule has 1 aliphatic carbocycles. The maximum atomic E-state index is 12.0. The zero-order valence-corrected chi connectivity index (χ0v) is 10.9. The van der Waals surface area contributed by atoms with Gasteiger partial charge in [-0.15, -0.1) is 11.3 Å². The zero-order chi connectivity index (χ0) is 11.8. The summed E-state index contributed by atoms with van der Waals surface area (Å²) in [5.74, 6) is 0.962. The summed E-state index contributed by atoms with van der Waals surface area (Å²) in [6.45, 7) is 2.69. The first-order chi connectivity index (χ1) is 8.27. The molecule has 3 nitrogen and oxygen atoms in total. The average Bonchev–Trinajstić information content (AvgIpc) is 2.82. The summed E-state index contributed by atoms with van der Waals surface area (Å²) in [5.41, 5.74) is 0. The van der Waals surface area contributed by atoms with E-state index >= 15 is 0 Å². The smallest absolute Gasteiger partial charge is 0.238 e. The Morgan fingerprint density at radius 2 is 2.35 bits per heavy atom. The molecule has 0 aromatic carbocycles. The lowest BCUT2D eigenvalue weighted by atomic mass is 9.79. The van der Waals surface area contributed by atoms with Gasteiger partial charge in [-0.05, 0) is 37.1 Å². The Morgan fingerprint density at radius 1 is 1.53 bits per heavy atom. The van der Waals surface area contributed by atoms with Crippen molar-refractivity contribution in [2.75, 3.05) is 6.54 Å². The summed E-state index contributed by atoms with van der Waals surface area (Å²) in [6, 6.07) is 4.54. The lowest BCUT2D eigenvalue weighted by Gasteiger charge is -2.39. The first-order valence-corrected chi connectivity index (χ1v) is 7.23. The van der Waals surface area contributed by atoms with Crippen LogP contribution in [0, 0.1) is 5.92 Å². The predicted octanol–water partition coefficient (Wildman–Crippen LogP) is 2.37. The SMILES string of the molecule is CC(C1CCC1)N1C(=O)CNC1c1cccs1. The van der Waals surface area contributed by atoms with Crippen LogP contribution in [0.3, 0.4) is 0 Å². The van der Waals surface area contributed by atoms with Crippen LogP contribution in [0.4, 0.5) is 0 Å². The highest BCUT2D eigenvalue weighted by Gasteiger charge is 2.39. The van der Waals surface area contributed by atoms with Gasteiger partial charge in [-0.25, -0.2) is 0 Å². The maximum absolute atomic E-state index is 12.0. The van der Waals surface area contributed by atoms with Crippen LogP contribution >= 0.6 is 11.3 Å². The lowest BCUT2D eigenvalue weighted by molar-refractivity contribution is -0.131. The molecule has 2 atom stereocenters. The molecule has 1 aromatic heterocycles. The molecule has 2 heterocycles. The molecule has 2 fully saturated rings. The number of hydrogen-bond donors (Lipinski definition) is 1. The second-order valence-corrected chi connectivity index (χ2v) is 6.01. The first-order valence-electron chi connectivity index (χ1n) is 6.35. The number of thiophene rings is 1. The molecule has 4 heteroatoms. The molecule has 1 aliphatic heterocycles. The van der Waals surface area contributed by atoms with E-state index in [0.717, 1.165) is 0 Å². The van der Waals surface area contributed by atoms with E-state index in [0.29, 0.717) is 18.5 Å². The van der Waals surface area contributed by atoms with Crippen LogP contribution in [-0.4, -0.2) is 23.4 Å².